The smallest absolute Gasteiger partial charge is 0.335 e. The Hall–Kier alpha value is -1.08. The molecule has 0 saturated heterocycles. The molecule has 0 heterocycles. The number of benzene rings is 1. The highest BCUT2D eigenvalue weighted by atomic mass is 79.9. The monoisotopic (exact) mass is 319 g/mol. The molecule has 1 aliphatic rings. The molecule has 0 spiro atoms. The van der Waals surface area contributed by atoms with Crippen LogP contribution in [0.2, 0.25) is 0 Å². The lowest BCUT2D eigenvalue weighted by atomic mass is 10.2. The minimum atomic E-state index is -3.38. The predicted molar refractivity (Wildman–Crippen MR) is 66.7 cm³/mol. The minimum absolute atomic E-state index is 0.0432. The molecule has 0 aliphatic heterocycles. The van der Waals surface area contributed by atoms with Gasteiger partial charge < -0.3 is 5.11 Å². The first-order valence-electron chi connectivity index (χ1n) is 4.94. The van der Waals surface area contributed by atoms with Crippen molar-refractivity contribution in [2.24, 2.45) is 0 Å². The third kappa shape index (κ3) is 2.78. The second-order valence-electron chi connectivity index (χ2n) is 3.85. The fraction of sp³-hybridized carbons (Fsp3) is 0.300. The number of carboxylic acid groups (broad SMARTS) is 1. The Morgan fingerprint density at radius 1 is 1.41 bits per heavy atom. The van der Waals surface area contributed by atoms with Gasteiger partial charge in [0, 0.05) is 4.47 Å². The van der Waals surface area contributed by atoms with Gasteiger partial charge in [-0.25, -0.2) is 13.2 Å². The molecule has 0 radical (unpaired) electrons. The zero-order valence-electron chi connectivity index (χ0n) is 8.68. The van der Waals surface area contributed by atoms with Crippen LogP contribution in [-0.2, 0) is 10.0 Å². The van der Waals surface area contributed by atoms with Crippen LogP contribution in [0.1, 0.15) is 23.2 Å². The van der Waals surface area contributed by atoms with E-state index in [0.717, 1.165) is 0 Å². The summed E-state index contributed by atoms with van der Waals surface area (Å²) >= 11 is 3.18. The van der Waals surface area contributed by atoms with E-state index in [4.69, 9.17) is 5.11 Å². The number of hydrogen-bond acceptors (Lipinski definition) is 3. The fourth-order valence-corrected chi connectivity index (χ4v) is 3.23. The van der Waals surface area contributed by atoms with Gasteiger partial charge in [0.25, 0.3) is 0 Å². The second kappa shape index (κ2) is 4.30. The molecule has 92 valence electrons. The van der Waals surface area contributed by atoms with Crippen LogP contribution in [0.3, 0.4) is 0 Å². The molecular formula is C10H10BrNO4S. The molecule has 0 amide bonds. The van der Waals surface area contributed by atoms with Crippen LogP contribution in [0.15, 0.2) is 22.7 Å². The molecule has 5 nitrogen and oxygen atoms in total. The summed E-state index contributed by atoms with van der Waals surface area (Å²) in [6.07, 6.45) is 1.32. The number of rotatable bonds is 4. The van der Waals surface area contributed by atoms with Gasteiger partial charge in [-0.2, -0.15) is 0 Å². The lowest BCUT2D eigenvalue weighted by Gasteiger charge is -2.09. The molecule has 0 unspecified atom stereocenters. The van der Waals surface area contributed by atoms with Crippen molar-refractivity contribution >= 4 is 37.6 Å². The van der Waals surface area contributed by atoms with E-state index in [1.54, 1.807) is 0 Å². The van der Waals surface area contributed by atoms with Gasteiger partial charge in [-0.05, 0) is 47.0 Å². The van der Waals surface area contributed by atoms with E-state index < -0.39 is 16.0 Å². The maximum absolute atomic E-state index is 11.7. The van der Waals surface area contributed by atoms with Crippen LogP contribution in [0.25, 0.3) is 0 Å². The van der Waals surface area contributed by atoms with Crippen molar-refractivity contribution in [3.8, 4) is 0 Å². The Morgan fingerprint density at radius 2 is 2.06 bits per heavy atom. The Balaban J connectivity index is 2.31. The number of nitrogens with one attached hydrogen (secondary N) is 1. The van der Waals surface area contributed by atoms with Gasteiger partial charge in [0.1, 0.15) is 0 Å². The second-order valence-corrected chi connectivity index (χ2v) is 6.66. The number of carbonyl (C=O) groups is 1. The van der Waals surface area contributed by atoms with Crippen LogP contribution in [0, 0.1) is 0 Å². The molecule has 2 N–H and O–H groups in total. The number of aromatic carboxylic acids is 1. The zero-order valence-corrected chi connectivity index (χ0v) is 11.1. The lowest BCUT2D eigenvalue weighted by Crippen LogP contribution is -2.18. The number of hydrogen-bond donors (Lipinski definition) is 2. The first kappa shape index (κ1) is 12.4. The highest BCUT2D eigenvalue weighted by Crippen LogP contribution is 2.32. The van der Waals surface area contributed by atoms with Crippen LogP contribution >= 0.6 is 15.9 Å². The molecule has 1 aliphatic carbocycles. The molecule has 1 fully saturated rings. The van der Waals surface area contributed by atoms with Crippen LogP contribution in [-0.4, -0.2) is 24.7 Å². The van der Waals surface area contributed by atoms with Gasteiger partial charge in [0.2, 0.25) is 10.0 Å². The number of halogens is 1. The van der Waals surface area contributed by atoms with Crippen LogP contribution in [0.5, 0.6) is 0 Å². The summed E-state index contributed by atoms with van der Waals surface area (Å²) < 4.78 is 26.4. The van der Waals surface area contributed by atoms with E-state index in [2.05, 4.69) is 20.7 Å². The maximum atomic E-state index is 11.7. The summed E-state index contributed by atoms with van der Waals surface area (Å²) in [5.41, 5.74) is 0.304. The molecule has 0 aromatic heterocycles. The molecule has 1 saturated carbocycles. The first-order valence-corrected chi connectivity index (χ1v) is 7.28. The summed E-state index contributed by atoms with van der Waals surface area (Å²) in [6, 6.07) is 4.21. The Labute approximate surface area is 107 Å². The SMILES string of the molecule is O=C(O)c1ccc(Br)c(NS(=O)(=O)C2CC2)c1. The summed E-state index contributed by atoms with van der Waals surface area (Å²) in [5.74, 6) is -1.09. The third-order valence-corrected chi connectivity index (χ3v) is 4.97. The van der Waals surface area contributed by atoms with Gasteiger partial charge in [0.05, 0.1) is 16.5 Å². The van der Waals surface area contributed by atoms with E-state index in [9.17, 15) is 13.2 Å². The van der Waals surface area contributed by atoms with Crippen molar-refractivity contribution in [1.82, 2.24) is 0 Å². The van der Waals surface area contributed by atoms with E-state index >= 15 is 0 Å². The van der Waals surface area contributed by atoms with Crippen molar-refractivity contribution in [2.75, 3.05) is 4.72 Å². The summed E-state index contributed by atoms with van der Waals surface area (Å²) in [6.45, 7) is 0. The average molecular weight is 320 g/mol. The number of sulfonamides is 1. The largest absolute Gasteiger partial charge is 0.478 e. The van der Waals surface area contributed by atoms with Gasteiger partial charge in [-0.15, -0.1) is 0 Å². The molecule has 17 heavy (non-hydrogen) atoms. The standard InChI is InChI=1S/C10H10BrNO4S/c11-8-4-1-6(10(13)14)5-9(8)12-17(15,16)7-2-3-7/h1,4-5,7,12H,2-3H2,(H,13,14). The third-order valence-electron chi connectivity index (χ3n) is 2.43. The quantitative estimate of drug-likeness (QED) is 0.889. The van der Waals surface area contributed by atoms with Gasteiger partial charge in [0.15, 0.2) is 0 Å². The topological polar surface area (TPSA) is 83.5 Å². The zero-order chi connectivity index (χ0) is 12.6. The molecular weight excluding hydrogens is 310 g/mol. The first-order chi connectivity index (χ1) is 7.90. The molecule has 1 aromatic rings. The van der Waals surface area contributed by atoms with E-state index in [0.29, 0.717) is 17.3 Å². The van der Waals surface area contributed by atoms with E-state index in [-0.39, 0.29) is 16.5 Å². The highest BCUT2D eigenvalue weighted by Gasteiger charge is 2.36. The Kier molecular flexibility index (Phi) is 3.13. The molecule has 0 bridgehead atoms. The normalized spacial score (nSPS) is 15.6. The van der Waals surface area contributed by atoms with Crippen molar-refractivity contribution < 1.29 is 18.3 Å². The highest BCUT2D eigenvalue weighted by molar-refractivity contribution is 9.10. The number of carboxylic acids is 1. The molecule has 0 atom stereocenters. The minimum Gasteiger partial charge on any atom is -0.478 e. The van der Waals surface area contributed by atoms with Crippen molar-refractivity contribution in [2.45, 2.75) is 18.1 Å². The lowest BCUT2D eigenvalue weighted by molar-refractivity contribution is 0.0697. The van der Waals surface area contributed by atoms with Gasteiger partial charge in [-0.1, -0.05) is 0 Å². The maximum Gasteiger partial charge on any atom is 0.335 e. The summed E-state index contributed by atoms with van der Waals surface area (Å²) in [4.78, 5) is 10.8. The Bertz CT molecular complexity index is 566. The molecule has 1 aromatic carbocycles. The van der Waals surface area contributed by atoms with Crippen molar-refractivity contribution in [3.05, 3.63) is 28.2 Å². The molecule has 7 heteroatoms. The summed E-state index contributed by atoms with van der Waals surface area (Å²) in [7, 11) is -3.38. The predicted octanol–water partition coefficient (Wildman–Crippen LogP) is 2.05. The average Bonchev–Trinajstić information content (AvgIpc) is 3.04. The Morgan fingerprint density at radius 3 is 2.59 bits per heavy atom. The van der Waals surface area contributed by atoms with E-state index in [1.165, 1.54) is 18.2 Å². The van der Waals surface area contributed by atoms with Crippen molar-refractivity contribution in [1.29, 1.82) is 0 Å². The molecule has 2 rings (SSSR count). The van der Waals surface area contributed by atoms with E-state index in [1.807, 2.05) is 0 Å². The summed E-state index contributed by atoms with van der Waals surface area (Å²) in [5, 5.41) is 8.48. The van der Waals surface area contributed by atoms with Crippen LogP contribution in [0.4, 0.5) is 5.69 Å². The fourth-order valence-electron chi connectivity index (χ4n) is 1.35. The van der Waals surface area contributed by atoms with Crippen LogP contribution < -0.4 is 4.72 Å². The number of anilines is 1. The van der Waals surface area contributed by atoms with Gasteiger partial charge in [-0.3, -0.25) is 4.72 Å². The van der Waals surface area contributed by atoms with Crippen molar-refractivity contribution in [3.63, 3.8) is 0 Å². The van der Waals surface area contributed by atoms with Gasteiger partial charge >= 0.3 is 5.97 Å².